The number of para-hydroxylation sites is 2. The van der Waals surface area contributed by atoms with Gasteiger partial charge in [-0.1, -0.05) is 42.5 Å². The van der Waals surface area contributed by atoms with Gasteiger partial charge in [0, 0.05) is 22.5 Å². The van der Waals surface area contributed by atoms with Gasteiger partial charge < -0.3 is 19.9 Å². The Morgan fingerprint density at radius 2 is 1.57 bits per heavy atom. The lowest BCUT2D eigenvalue weighted by Crippen LogP contribution is -1.92. The fourth-order valence-electron chi connectivity index (χ4n) is 3.86. The van der Waals surface area contributed by atoms with Crippen LogP contribution in [0.15, 0.2) is 75.6 Å². The first-order valence-electron chi connectivity index (χ1n) is 9.00. The van der Waals surface area contributed by atoms with Crippen molar-refractivity contribution in [3.8, 4) is 0 Å². The van der Waals surface area contributed by atoms with Crippen molar-refractivity contribution in [1.82, 2.24) is 0 Å². The molecule has 2 heterocycles. The van der Waals surface area contributed by atoms with E-state index in [1.807, 2.05) is 54.6 Å². The number of rotatable bonds is 2. The van der Waals surface area contributed by atoms with Gasteiger partial charge in [-0.3, -0.25) is 0 Å². The number of fused-ring (bicyclic) bond motifs is 6. The van der Waals surface area contributed by atoms with Gasteiger partial charge in [0.25, 0.3) is 0 Å². The minimum Gasteiger partial charge on any atom is -0.454 e. The highest BCUT2D eigenvalue weighted by molar-refractivity contribution is 6.17. The summed E-state index contributed by atoms with van der Waals surface area (Å²) in [6.45, 7) is 0. The predicted octanol–water partition coefficient (Wildman–Crippen LogP) is 6.41. The number of hydrogen-bond acceptors (Lipinski definition) is 4. The molecule has 0 radical (unpaired) electrons. The van der Waals surface area contributed by atoms with E-state index in [0.29, 0.717) is 11.3 Å². The summed E-state index contributed by atoms with van der Waals surface area (Å²) in [6.07, 6.45) is 0. The van der Waals surface area contributed by atoms with Crippen LogP contribution >= 0.6 is 0 Å². The Morgan fingerprint density at radius 3 is 2.54 bits per heavy atom. The first kappa shape index (κ1) is 15.0. The van der Waals surface area contributed by atoms with Gasteiger partial charge in [-0.25, -0.2) is 0 Å². The Labute approximate surface area is 160 Å². The van der Waals surface area contributed by atoms with Crippen molar-refractivity contribution >= 4 is 60.9 Å². The first-order valence-corrected chi connectivity index (χ1v) is 9.00. The summed E-state index contributed by atoms with van der Waals surface area (Å²) in [4.78, 5) is 0. The van der Waals surface area contributed by atoms with Gasteiger partial charge >= 0.3 is 0 Å². The molecule has 0 aliphatic carbocycles. The quantitative estimate of drug-likeness (QED) is 0.349. The normalized spacial score (nSPS) is 11.4. The lowest BCUT2D eigenvalue weighted by atomic mass is 10.1. The van der Waals surface area contributed by atoms with Crippen LogP contribution in [0.25, 0.3) is 43.9 Å². The second kappa shape index (κ2) is 5.45. The highest BCUT2D eigenvalue weighted by Crippen LogP contribution is 2.39. The van der Waals surface area contributed by atoms with Crippen molar-refractivity contribution in [2.45, 2.75) is 0 Å². The smallest absolute Gasteiger partial charge is 0.187 e. The van der Waals surface area contributed by atoms with Crippen molar-refractivity contribution in [1.29, 1.82) is 0 Å². The van der Waals surface area contributed by atoms with Crippen LogP contribution in [-0.4, -0.2) is 0 Å². The number of anilines is 3. The van der Waals surface area contributed by atoms with Crippen LogP contribution in [0, 0.1) is 12.1 Å². The monoisotopic (exact) mass is 362 g/mol. The Morgan fingerprint density at radius 1 is 0.750 bits per heavy atom. The van der Waals surface area contributed by atoms with E-state index in [0.717, 1.165) is 49.7 Å². The van der Waals surface area contributed by atoms with Crippen molar-refractivity contribution in [2.24, 2.45) is 0 Å². The van der Waals surface area contributed by atoms with Crippen LogP contribution < -0.4 is 11.1 Å². The van der Waals surface area contributed by atoms with E-state index >= 15 is 0 Å². The SMILES string of the molecule is Nc1cccc2oc3c#ccc(Nc4cccc5c4oc4ccccc45)c3c12. The number of nitrogens with two attached hydrogens (primary N) is 1. The fraction of sp³-hybridized carbons (Fsp3) is 0. The Kier molecular flexibility index (Phi) is 2.92. The number of benzene rings is 3. The lowest BCUT2D eigenvalue weighted by Gasteiger charge is -2.07. The van der Waals surface area contributed by atoms with Crippen molar-refractivity contribution in [3.63, 3.8) is 0 Å². The van der Waals surface area contributed by atoms with Crippen LogP contribution in [0.5, 0.6) is 0 Å². The van der Waals surface area contributed by atoms with Crippen LogP contribution in [0.2, 0.25) is 0 Å². The fourth-order valence-corrected chi connectivity index (χ4v) is 3.86. The maximum Gasteiger partial charge on any atom is 0.187 e. The van der Waals surface area contributed by atoms with E-state index in [1.165, 1.54) is 0 Å². The molecule has 0 amide bonds. The number of hydrogen-bond donors (Lipinski definition) is 2. The highest BCUT2D eigenvalue weighted by atomic mass is 16.3. The van der Waals surface area contributed by atoms with E-state index in [4.69, 9.17) is 14.6 Å². The summed E-state index contributed by atoms with van der Waals surface area (Å²) in [5.74, 6) is 0. The topological polar surface area (TPSA) is 64.3 Å². The maximum atomic E-state index is 6.24. The lowest BCUT2D eigenvalue weighted by molar-refractivity contribution is 0.669. The summed E-state index contributed by atoms with van der Waals surface area (Å²) in [5, 5.41) is 7.43. The molecule has 0 spiro atoms. The largest absolute Gasteiger partial charge is 0.454 e. The molecule has 4 heteroatoms. The standard InChI is InChI=1S/C24H14N2O2/c25-16-8-4-12-20-22(16)23-17(9-5-13-21(23)27-20)26-18-10-3-7-15-14-6-1-2-11-19(14)28-24(15)18/h1-4,6-12,26H,25H2. The van der Waals surface area contributed by atoms with Gasteiger partial charge in [-0.2, -0.15) is 0 Å². The molecule has 6 aromatic rings. The maximum absolute atomic E-state index is 6.24. The molecule has 0 aliphatic heterocycles. The molecule has 132 valence electrons. The molecule has 3 N–H and O–H groups in total. The van der Waals surface area contributed by atoms with Crippen LogP contribution in [0.1, 0.15) is 0 Å². The van der Waals surface area contributed by atoms with Gasteiger partial charge in [0.05, 0.1) is 22.1 Å². The van der Waals surface area contributed by atoms with E-state index in [1.54, 1.807) is 0 Å². The average molecular weight is 362 g/mol. The number of nitrogens with one attached hydrogen (secondary N) is 1. The predicted molar refractivity (Wildman–Crippen MR) is 113 cm³/mol. The molecule has 0 aliphatic rings. The summed E-state index contributed by atoms with van der Waals surface area (Å²) < 4.78 is 12.0. The molecular weight excluding hydrogens is 348 g/mol. The van der Waals surface area contributed by atoms with Gasteiger partial charge in [0.1, 0.15) is 11.2 Å². The minimum absolute atomic E-state index is 0.620. The molecule has 0 saturated carbocycles. The van der Waals surface area contributed by atoms with Crippen LogP contribution in [-0.2, 0) is 0 Å². The van der Waals surface area contributed by atoms with Gasteiger partial charge in [0.15, 0.2) is 11.2 Å². The molecule has 4 nitrogen and oxygen atoms in total. The third-order valence-corrected chi connectivity index (χ3v) is 5.09. The summed E-state index contributed by atoms with van der Waals surface area (Å²) in [6, 6.07) is 27.7. The van der Waals surface area contributed by atoms with Crippen molar-refractivity contribution < 1.29 is 8.83 Å². The molecule has 4 aromatic carbocycles. The first-order chi connectivity index (χ1) is 13.8. The molecule has 2 aromatic heterocycles. The molecule has 0 fully saturated rings. The van der Waals surface area contributed by atoms with Crippen LogP contribution in [0.4, 0.5) is 17.1 Å². The third kappa shape index (κ3) is 2.02. The molecular formula is C24H14N2O2. The van der Waals surface area contributed by atoms with Gasteiger partial charge in [0.2, 0.25) is 0 Å². The van der Waals surface area contributed by atoms with E-state index in [9.17, 15) is 0 Å². The molecule has 28 heavy (non-hydrogen) atoms. The summed E-state index contributed by atoms with van der Waals surface area (Å²) in [5.41, 5.74) is 11.7. The van der Waals surface area contributed by atoms with Gasteiger partial charge in [-0.05, 0) is 30.3 Å². The Hall–Kier alpha value is -4.10. The molecule has 0 bridgehead atoms. The third-order valence-electron chi connectivity index (χ3n) is 5.09. The minimum atomic E-state index is 0.620. The molecule has 6 rings (SSSR count). The average Bonchev–Trinajstić information content (AvgIpc) is 3.28. The number of furan rings is 2. The Balaban J connectivity index is 1.61. The van der Waals surface area contributed by atoms with Gasteiger partial charge in [-0.15, -0.1) is 0 Å². The highest BCUT2D eigenvalue weighted by Gasteiger charge is 2.15. The molecule has 0 atom stereocenters. The second-order valence-electron chi connectivity index (χ2n) is 6.76. The van der Waals surface area contributed by atoms with Crippen molar-refractivity contribution in [3.05, 3.63) is 78.9 Å². The molecule has 0 saturated heterocycles. The number of nitrogen functional groups attached to an aromatic ring is 1. The van der Waals surface area contributed by atoms with E-state index < -0.39 is 0 Å². The zero-order valence-electron chi connectivity index (χ0n) is 14.7. The second-order valence-corrected chi connectivity index (χ2v) is 6.76. The molecule has 0 unspecified atom stereocenters. The van der Waals surface area contributed by atoms with Crippen molar-refractivity contribution in [2.75, 3.05) is 11.1 Å². The summed E-state index contributed by atoms with van der Waals surface area (Å²) >= 11 is 0. The van der Waals surface area contributed by atoms with E-state index in [2.05, 4.69) is 29.6 Å². The van der Waals surface area contributed by atoms with Crippen LogP contribution in [0.3, 0.4) is 0 Å². The zero-order chi connectivity index (χ0) is 18.7. The Bertz CT molecular complexity index is 1510. The summed E-state index contributed by atoms with van der Waals surface area (Å²) in [7, 11) is 0. The zero-order valence-corrected chi connectivity index (χ0v) is 14.7. The van der Waals surface area contributed by atoms with E-state index in [-0.39, 0.29) is 0 Å².